The van der Waals surface area contributed by atoms with Gasteiger partial charge in [-0.1, -0.05) is 5.16 Å². The van der Waals surface area contributed by atoms with Crippen LogP contribution in [-0.4, -0.2) is 23.2 Å². The SMILES string of the molecule is COC(=O)Cc1nc(-c2ccc(F)c(Br)c2)no1. The number of halogens is 2. The predicted molar refractivity (Wildman–Crippen MR) is 63.1 cm³/mol. The molecule has 18 heavy (non-hydrogen) atoms. The Kier molecular flexibility index (Phi) is 3.71. The number of benzene rings is 1. The van der Waals surface area contributed by atoms with Gasteiger partial charge in [0.25, 0.3) is 0 Å². The molecule has 0 aliphatic carbocycles. The standard InChI is InChI=1S/C11H8BrFN2O3/c1-17-10(16)5-9-14-11(15-18-9)6-2-3-8(13)7(12)4-6/h2-4H,5H2,1H3. The Morgan fingerprint density at radius 3 is 3.00 bits per heavy atom. The summed E-state index contributed by atoms with van der Waals surface area (Å²) in [7, 11) is 1.27. The molecule has 0 saturated carbocycles. The largest absolute Gasteiger partial charge is 0.469 e. The lowest BCUT2D eigenvalue weighted by atomic mass is 10.2. The first-order chi connectivity index (χ1) is 8.60. The quantitative estimate of drug-likeness (QED) is 0.814. The molecule has 0 fully saturated rings. The summed E-state index contributed by atoms with van der Waals surface area (Å²) in [6.07, 6.45) is -0.0914. The molecule has 0 aliphatic rings. The smallest absolute Gasteiger partial charge is 0.315 e. The highest BCUT2D eigenvalue weighted by atomic mass is 79.9. The molecular weight excluding hydrogens is 307 g/mol. The number of carbonyl (C=O) groups excluding carboxylic acids is 1. The minimum absolute atomic E-state index is 0.0914. The van der Waals surface area contributed by atoms with Crippen LogP contribution in [0.3, 0.4) is 0 Å². The molecule has 7 heteroatoms. The van der Waals surface area contributed by atoms with E-state index in [0.717, 1.165) is 0 Å². The normalized spacial score (nSPS) is 10.4. The summed E-state index contributed by atoms with van der Waals surface area (Å²) in [5.41, 5.74) is 0.586. The fraction of sp³-hybridized carbons (Fsp3) is 0.182. The molecule has 0 amide bonds. The Morgan fingerprint density at radius 2 is 2.33 bits per heavy atom. The lowest BCUT2D eigenvalue weighted by Gasteiger charge is -1.96. The number of nitrogens with zero attached hydrogens (tertiary/aromatic N) is 2. The van der Waals surface area contributed by atoms with E-state index in [0.29, 0.717) is 10.0 Å². The van der Waals surface area contributed by atoms with Gasteiger partial charge in [-0.15, -0.1) is 0 Å². The molecule has 2 aromatic rings. The Morgan fingerprint density at radius 1 is 1.56 bits per heavy atom. The van der Waals surface area contributed by atoms with Gasteiger partial charge in [-0.3, -0.25) is 4.79 Å². The summed E-state index contributed by atoms with van der Waals surface area (Å²) in [5.74, 6) is -0.408. The van der Waals surface area contributed by atoms with Crippen LogP contribution >= 0.6 is 15.9 Å². The second-order valence-electron chi connectivity index (χ2n) is 3.39. The molecule has 1 heterocycles. The molecule has 0 bridgehead atoms. The summed E-state index contributed by atoms with van der Waals surface area (Å²) in [6, 6.07) is 4.34. The minimum Gasteiger partial charge on any atom is -0.469 e. The highest BCUT2D eigenvalue weighted by Gasteiger charge is 2.13. The van der Waals surface area contributed by atoms with E-state index in [1.807, 2.05) is 0 Å². The minimum atomic E-state index is -0.467. The summed E-state index contributed by atoms with van der Waals surface area (Å²) in [4.78, 5) is 15.0. The molecule has 1 aromatic carbocycles. The van der Waals surface area contributed by atoms with Crippen LogP contribution in [-0.2, 0) is 16.0 Å². The summed E-state index contributed by atoms with van der Waals surface area (Å²) < 4.78 is 22.7. The number of carbonyl (C=O) groups is 1. The molecule has 0 N–H and O–H groups in total. The van der Waals surface area contributed by atoms with Crippen molar-refractivity contribution in [2.24, 2.45) is 0 Å². The molecule has 1 aromatic heterocycles. The highest BCUT2D eigenvalue weighted by Crippen LogP contribution is 2.23. The Labute approximate surface area is 110 Å². The number of hydrogen-bond donors (Lipinski definition) is 0. The second kappa shape index (κ2) is 5.26. The van der Waals surface area contributed by atoms with Gasteiger partial charge < -0.3 is 9.26 Å². The maximum Gasteiger partial charge on any atom is 0.315 e. The number of aromatic nitrogens is 2. The molecule has 5 nitrogen and oxygen atoms in total. The van der Waals surface area contributed by atoms with Crippen molar-refractivity contribution in [2.45, 2.75) is 6.42 Å². The van der Waals surface area contributed by atoms with E-state index in [4.69, 9.17) is 4.52 Å². The fourth-order valence-corrected chi connectivity index (χ4v) is 1.65. The summed E-state index contributed by atoms with van der Waals surface area (Å²) >= 11 is 3.07. The number of esters is 1. The van der Waals surface area contributed by atoms with Crippen molar-refractivity contribution in [3.8, 4) is 11.4 Å². The maximum absolute atomic E-state index is 13.1. The summed E-state index contributed by atoms with van der Waals surface area (Å²) in [6.45, 7) is 0. The third kappa shape index (κ3) is 2.73. The first-order valence-electron chi connectivity index (χ1n) is 4.95. The average Bonchev–Trinajstić information content (AvgIpc) is 2.81. The number of ether oxygens (including phenoxy) is 1. The van der Waals surface area contributed by atoms with Crippen LogP contribution in [0.1, 0.15) is 5.89 Å². The molecule has 2 rings (SSSR count). The van der Waals surface area contributed by atoms with Gasteiger partial charge in [0.05, 0.1) is 11.6 Å². The molecule has 0 saturated heterocycles. The van der Waals surface area contributed by atoms with E-state index < -0.39 is 5.97 Å². The van der Waals surface area contributed by atoms with E-state index >= 15 is 0 Å². The molecule has 0 radical (unpaired) electrons. The van der Waals surface area contributed by atoms with Crippen molar-refractivity contribution in [1.82, 2.24) is 10.1 Å². The van der Waals surface area contributed by atoms with E-state index in [1.54, 1.807) is 0 Å². The molecule has 0 aliphatic heterocycles. The van der Waals surface area contributed by atoms with Crippen LogP contribution in [0, 0.1) is 5.82 Å². The number of methoxy groups -OCH3 is 1. The zero-order chi connectivity index (χ0) is 13.1. The van der Waals surface area contributed by atoms with E-state index in [1.165, 1.54) is 25.3 Å². The van der Waals surface area contributed by atoms with Crippen LogP contribution in [0.15, 0.2) is 27.2 Å². The first-order valence-corrected chi connectivity index (χ1v) is 5.74. The lowest BCUT2D eigenvalue weighted by Crippen LogP contribution is -2.04. The van der Waals surface area contributed by atoms with Crippen LogP contribution in [0.25, 0.3) is 11.4 Å². The van der Waals surface area contributed by atoms with Crippen LogP contribution in [0.5, 0.6) is 0 Å². The van der Waals surface area contributed by atoms with Crippen molar-refractivity contribution < 1.29 is 18.4 Å². The molecule has 0 unspecified atom stereocenters. The van der Waals surface area contributed by atoms with Gasteiger partial charge in [0, 0.05) is 5.56 Å². The monoisotopic (exact) mass is 314 g/mol. The van der Waals surface area contributed by atoms with Crippen molar-refractivity contribution in [2.75, 3.05) is 7.11 Å². The first kappa shape index (κ1) is 12.7. The van der Waals surface area contributed by atoms with Gasteiger partial charge in [0.2, 0.25) is 11.7 Å². The van der Waals surface area contributed by atoms with Crippen LogP contribution < -0.4 is 0 Å². The van der Waals surface area contributed by atoms with Crippen molar-refractivity contribution in [3.05, 3.63) is 34.4 Å². The third-order valence-corrected chi connectivity index (χ3v) is 2.78. The van der Waals surface area contributed by atoms with Gasteiger partial charge in [-0.05, 0) is 34.1 Å². The van der Waals surface area contributed by atoms with Gasteiger partial charge in [-0.2, -0.15) is 4.98 Å². The second-order valence-corrected chi connectivity index (χ2v) is 4.25. The maximum atomic E-state index is 13.1. The van der Waals surface area contributed by atoms with Gasteiger partial charge >= 0.3 is 5.97 Å². The molecular formula is C11H8BrFN2O3. The molecule has 0 atom stereocenters. The Hall–Kier alpha value is -1.76. The van der Waals surface area contributed by atoms with Gasteiger partial charge in [0.1, 0.15) is 12.2 Å². The Balaban J connectivity index is 2.23. The predicted octanol–water partition coefficient (Wildman–Crippen LogP) is 2.35. The van der Waals surface area contributed by atoms with Gasteiger partial charge in [-0.25, -0.2) is 4.39 Å². The van der Waals surface area contributed by atoms with Crippen molar-refractivity contribution in [3.63, 3.8) is 0 Å². The lowest BCUT2D eigenvalue weighted by molar-refractivity contribution is -0.140. The van der Waals surface area contributed by atoms with Crippen LogP contribution in [0.4, 0.5) is 4.39 Å². The van der Waals surface area contributed by atoms with Crippen molar-refractivity contribution >= 4 is 21.9 Å². The zero-order valence-electron chi connectivity index (χ0n) is 9.31. The zero-order valence-corrected chi connectivity index (χ0v) is 10.9. The third-order valence-electron chi connectivity index (χ3n) is 2.17. The van der Waals surface area contributed by atoms with E-state index in [9.17, 15) is 9.18 Å². The topological polar surface area (TPSA) is 65.2 Å². The van der Waals surface area contributed by atoms with Crippen LogP contribution in [0.2, 0.25) is 0 Å². The van der Waals surface area contributed by atoms with Gasteiger partial charge in [0.15, 0.2) is 0 Å². The Bertz CT molecular complexity index is 585. The number of hydrogen-bond acceptors (Lipinski definition) is 5. The molecule has 94 valence electrons. The van der Waals surface area contributed by atoms with Crippen molar-refractivity contribution in [1.29, 1.82) is 0 Å². The summed E-state index contributed by atoms with van der Waals surface area (Å²) in [5, 5.41) is 3.71. The molecule has 0 spiro atoms. The highest BCUT2D eigenvalue weighted by molar-refractivity contribution is 9.10. The average molecular weight is 315 g/mol. The fourth-order valence-electron chi connectivity index (χ4n) is 1.27. The van der Waals surface area contributed by atoms with E-state index in [-0.39, 0.29) is 24.0 Å². The van der Waals surface area contributed by atoms with E-state index in [2.05, 4.69) is 30.8 Å². The number of rotatable bonds is 3.